The van der Waals surface area contributed by atoms with Crippen molar-refractivity contribution < 1.29 is 9.90 Å². The molecule has 0 spiro atoms. The minimum absolute atomic E-state index is 0.103. The molecular formula is C11H10O2. The van der Waals surface area contributed by atoms with Gasteiger partial charge in [-0.25, -0.2) is 0 Å². The van der Waals surface area contributed by atoms with Crippen LogP contribution in [-0.2, 0) is 4.79 Å². The van der Waals surface area contributed by atoms with Crippen molar-refractivity contribution in [2.45, 2.75) is 13.3 Å². The van der Waals surface area contributed by atoms with Crippen molar-refractivity contribution in [1.29, 1.82) is 0 Å². The lowest BCUT2D eigenvalue weighted by molar-refractivity contribution is -0.135. The molecule has 13 heavy (non-hydrogen) atoms. The molecule has 0 heterocycles. The van der Waals surface area contributed by atoms with Crippen LogP contribution in [0.3, 0.4) is 0 Å². The van der Waals surface area contributed by atoms with Gasteiger partial charge in [0.25, 0.3) is 0 Å². The van der Waals surface area contributed by atoms with Gasteiger partial charge in [-0.15, -0.1) is 0 Å². The van der Waals surface area contributed by atoms with Gasteiger partial charge in [0.05, 0.1) is 0 Å². The highest BCUT2D eigenvalue weighted by molar-refractivity contribution is 5.70. The first-order valence-corrected chi connectivity index (χ1v) is 3.96. The van der Waals surface area contributed by atoms with Gasteiger partial charge in [-0.3, -0.25) is 4.79 Å². The van der Waals surface area contributed by atoms with E-state index in [2.05, 4.69) is 11.8 Å². The van der Waals surface area contributed by atoms with Crippen LogP contribution in [0.2, 0.25) is 0 Å². The summed E-state index contributed by atoms with van der Waals surface area (Å²) in [5.74, 6) is 4.45. The molecule has 1 N–H and O–H groups in total. The molecule has 0 aromatic heterocycles. The number of aryl methyl sites for hydroxylation is 1. The molecule has 0 fully saturated rings. The van der Waals surface area contributed by atoms with Gasteiger partial charge in [0.2, 0.25) is 0 Å². The van der Waals surface area contributed by atoms with Crippen molar-refractivity contribution >= 4 is 5.97 Å². The van der Waals surface area contributed by atoms with Crippen LogP contribution in [0.5, 0.6) is 0 Å². The van der Waals surface area contributed by atoms with E-state index in [9.17, 15) is 4.79 Å². The summed E-state index contributed by atoms with van der Waals surface area (Å²) in [6.45, 7) is 1.99. The van der Waals surface area contributed by atoms with E-state index in [-0.39, 0.29) is 6.42 Å². The summed E-state index contributed by atoms with van der Waals surface area (Å²) in [6, 6.07) is 7.66. The smallest absolute Gasteiger partial charge is 0.315 e. The summed E-state index contributed by atoms with van der Waals surface area (Å²) in [5, 5.41) is 8.33. The lowest BCUT2D eigenvalue weighted by atomic mass is 10.1. The third-order valence-electron chi connectivity index (χ3n) is 1.52. The molecule has 66 valence electrons. The first kappa shape index (κ1) is 9.34. The molecule has 0 saturated carbocycles. The molecule has 0 aliphatic rings. The number of hydrogen-bond donors (Lipinski definition) is 1. The predicted molar refractivity (Wildman–Crippen MR) is 50.3 cm³/mol. The van der Waals surface area contributed by atoms with E-state index in [1.165, 1.54) is 5.56 Å². The maximum Gasteiger partial charge on any atom is 0.315 e. The summed E-state index contributed by atoms with van der Waals surface area (Å²) in [5.41, 5.74) is 2.02. The Bertz CT molecular complexity index is 352. The largest absolute Gasteiger partial charge is 0.481 e. The second-order valence-electron chi connectivity index (χ2n) is 2.74. The van der Waals surface area contributed by atoms with E-state index in [1.54, 1.807) is 0 Å². The number of carboxylic acid groups (broad SMARTS) is 1. The lowest BCUT2D eigenvalue weighted by Crippen LogP contribution is -1.90. The van der Waals surface area contributed by atoms with Crippen LogP contribution in [0.15, 0.2) is 24.3 Å². The average Bonchev–Trinajstić information content (AvgIpc) is 2.08. The molecule has 0 saturated heterocycles. The minimum Gasteiger partial charge on any atom is -0.481 e. The Kier molecular flexibility index (Phi) is 3.10. The average molecular weight is 174 g/mol. The van der Waals surface area contributed by atoms with E-state index in [0.717, 1.165) is 5.56 Å². The summed E-state index contributed by atoms with van der Waals surface area (Å²) in [4.78, 5) is 10.1. The molecule has 1 rings (SSSR count). The number of rotatable bonds is 1. The molecule has 0 radical (unpaired) electrons. The van der Waals surface area contributed by atoms with Crippen molar-refractivity contribution in [1.82, 2.24) is 0 Å². The second kappa shape index (κ2) is 4.32. The van der Waals surface area contributed by atoms with Gasteiger partial charge < -0.3 is 5.11 Å². The molecule has 0 amide bonds. The molecule has 1 aromatic carbocycles. The Morgan fingerprint density at radius 2 is 2.00 bits per heavy atom. The Labute approximate surface area is 77.2 Å². The fraction of sp³-hybridized carbons (Fsp3) is 0.182. The normalized spacial score (nSPS) is 8.69. The highest BCUT2D eigenvalue weighted by atomic mass is 16.4. The van der Waals surface area contributed by atoms with Gasteiger partial charge in [0.1, 0.15) is 6.42 Å². The summed E-state index contributed by atoms with van der Waals surface area (Å²) < 4.78 is 0. The highest BCUT2D eigenvalue weighted by Crippen LogP contribution is 2.00. The van der Waals surface area contributed by atoms with Crippen molar-refractivity contribution in [3.63, 3.8) is 0 Å². The minimum atomic E-state index is -0.889. The zero-order valence-corrected chi connectivity index (χ0v) is 7.37. The lowest BCUT2D eigenvalue weighted by Gasteiger charge is -1.90. The van der Waals surface area contributed by atoms with E-state index < -0.39 is 5.97 Å². The van der Waals surface area contributed by atoms with E-state index in [0.29, 0.717) is 0 Å². The number of hydrogen-bond acceptors (Lipinski definition) is 1. The molecule has 2 heteroatoms. The number of aliphatic carboxylic acids is 1. The monoisotopic (exact) mass is 174 g/mol. The second-order valence-corrected chi connectivity index (χ2v) is 2.74. The van der Waals surface area contributed by atoms with Crippen molar-refractivity contribution in [2.75, 3.05) is 0 Å². The summed E-state index contributed by atoms with van der Waals surface area (Å²) >= 11 is 0. The van der Waals surface area contributed by atoms with Gasteiger partial charge in [-0.1, -0.05) is 29.5 Å². The van der Waals surface area contributed by atoms with Gasteiger partial charge in [0, 0.05) is 5.56 Å². The fourth-order valence-electron chi connectivity index (χ4n) is 0.859. The SMILES string of the molecule is Cc1ccc(C#CCC(=O)O)cc1. The Morgan fingerprint density at radius 3 is 2.54 bits per heavy atom. The number of carbonyl (C=O) groups is 1. The van der Waals surface area contributed by atoms with Crippen LogP contribution in [-0.4, -0.2) is 11.1 Å². The van der Waals surface area contributed by atoms with Crippen LogP contribution >= 0.6 is 0 Å². The molecule has 2 nitrogen and oxygen atoms in total. The Hall–Kier alpha value is -1.75. The van der Waals surface area contributed by atoms with Gasteiger partial charge in [-0.2, -0.15) is 0 Å². The Morgan fingerprint density at radius 1 is 1.38 bits per heavy atom. The maximum absolute atomic E-state index is 10.1. The first-order valence-electron chi connectivity index (χ1n) is 3.96. The van der Waals surface area contributed by atoms with Gasteiger partial charge >= 0.3 is 5.97 Å². The third kappa shape index (κ3) is 3.44. The fourth-order valence-corrected chi connectivity index (χ4v) is 0.859. The first-order chi connectivity index (χ1) is 6.18. The quantitative estimate of drug-likeness (QED) is 0.659. The standard InChI is InChI=1S/C11H10O2/c1-9-5-7-10(8-6-9)3-2-4-11(12)13/h5-8H,4H2,1H3,(H,12,13). The predicted octanol–water partition coefficient (Wildman–Crippen LogP) is 1.82. The van der Waals surface area contributed by atoms with Gasteiger partial charge in [-0.05, 0) is 19.1 Å². The molecule has 0 unspecified atom stereocenters. The van der Waals surface area contributed by atoms with Crippen LogP contribution in [0.4, 0.5) is 0 Å². The van der Waals surface area contributed by atoms with Crippen molar-refractivity contribution in [3.8, 4) is 11.8 Å². The number of benzene rings is 1. The van der Waals surface area contributed by atoms with Crippen LogP contribution < -0.4 is 0 Å². The van der Waals surface area contributed by atoms with E-state index in [1.807, 2.05) is 31.2 Å². The van der Waals surface area contributed by atoms with Crippen molar-refractivity contribution in [3.05, 3.63) is 35.4 Å². The highest BCUT2D eigenvalue weighted by Gasteiger charge is 1.89. The molecule has 0 aliphatic carbocycles. The Balaban J connectivity index is 2.67. The van der Waals surface area contributed by atoms with Crippen molar-refractivity contribution in [2.24, 2.45) is 0 Å². The zero-order chi connectivity index (χ0) is 9.68. The summed E-state index contributed by atoms with van der Waals surface area (Å²) in [7, 11) is 0. The molecular weight excluding hydrogens is 164 g/mol. The molecule has 0 atom stereocenters. The van der Waals surface area contributed by atoms with Crippen LogP contribution in [0.25, 0.3) is 0 Å². The zero-order valence-electron chi connectivity index (χ0n) is 7.37. The van der Waals surface area contributed by atoms with E-state index >= 15 is 0 Å². The van der Waals surface area contributed by atoms with E-state index in [4.69, 9.17) is 5.11 Å². The maximum atomic E-state index is 10.1. The molecule has 0 bridgehead atoms. The molecule has 0 aliphatic heterocycles. The summed E-state index contributed by atoms with van der Waals surface area (Å²) in [6.07, 6.45) is -0.103. The van der Waals surface area contributed by atoms with Crippen LogP contribution in [0.1, 0.15) is 17.5 Å². The third-order valence-corrected chi connectivity index (χ3v) is 1.52. The number of carboxylic acids is 1. The topological polar surface area (TPSA) is 37.3 Å². The molecule has 1 aromatic rings. The van der Waals surface area contributed by atoms with Gasteiger partial charge in [0.15, 0.2) is 0 Å². The van der Waals surface area contributed by atoms with Crippen LogP contribution in [0, 0.1) is 18.8 Å².